The summed E-state index contributed by atoms with van der Waals surface area (Å²) in [6.07, 6.45) is 0.933. The predicted molar refractivity (Wildman–Crippen MR) is 90.2 cm³/mol. The Hall–Kier alpha value is -1.87. The van der Waals surface area contributed by atoms with E-state index >= 15 is 0 Å². The molecular formula is C18H13Cl2NO. The van der Waals surface area contributed by atoms with Gasteiger partial charge in [0.2, 0.25) is 0 Å². The molecule has 0 aliphatic rings. The number of rotatable bonds is 3. The van der Waals surface area contributed by atoms with Crippen LogP contribution in [0.3, 0.4) is 0 Å². The van der Waals surface area contributed by atoms with Crippen molar-refractivity contribution in [2.75, 3.05) is 0 Å². The second-order valence-corrected chi connectivity index (χ2v) is 5.75. The molecule has 22 heavy (non-hydrogen) atoms. The fourth-order valence-corrected chi connectivity index (χ4v) is 2.59. The van der Waals surface area contributed by atoms with Gasteiger partial charge < -0.3 is 5.11 Å². The van der Waals surface area contributed by atoms with E-state index in [1.807, 2.05) is 36.4 Å². The molecule has 0 radical (unpaired) electrons. The van der Waals surface area contributed by atoms with E-state index in [2.05, 4.69) is 4.98 Å². The fraction of sp³-hybridized carbons (Fsp3) is 0.0556. The van der Waals surface area contributed by atoms with Crippen LogP contribution in [0, 0.1) is 0 Å². The van der Waals surface area contributed by atoms with Crippen molar-refractivity contribution in [2.45, 2.75) is 6.10 Å². The molecule has 3 rings (SSSR count). The first-order chi connectivity index (χ1) is 10.6. The van der Waals surface area contributed by atoms with E-state index < -0.39 is 6.10 Å². The maximum atomic E-state index is 10.4. The molecule has 0 amide bonds. The van der Waals surface area contributed by atoms with Crippen LogP contribution in [-0.4, -0.2) is 10.1 Å². The standard InChI is InChI=1S/C18H13Cl2NO/c19-14-8-5-12(6-9-14)18(22)13-7-10-17(21-11-13)15-3-1-2-4-16(15)20/h1-11,18,22H. The minimum atomic E-state index is -0.731. The van der Waals surface area contributed by atoms with Gasteiger partial charge in [0.25, 0.3) is 0 Å². The number of hydrogen-bond donors (Lipinski definition) is 1. The molecule has 2 nitrogen and oxygen atoms in total. The molecule has 1 N–H and O–H groups in total. The zero-order valence-corrected chi connectivity index (χ0v) is 13.1. The molecule has 2 aromatic carbocycles. The lowest BCUT2D eigenvalue weighted by molar-refractivity contribution is 0.220. The van der Waals surface area contributed by atoms with Crippen LogP contribution in [0.1, 0.15) is 17.2 Å². The molecule has 0 fully saturated rings. The zero-order chi connectivity index (χ0) is 15.5. The number of aliphatic hydroxyl groups is 1. The van der Waals surface area contributed by atoms with Crippen molar-refractivity contribution in [3.8, 4) is 11.3 Å². The number of halogens is 2. The first-order valence-electron chi connectivity index (χ1n) is 6.79. The van der Waals surface area contributed by atoms with Gasteiger partial charge >= 0.3 is 0 Å². The summed E-state index contributed by atoms with van der Waals surface area (Å²) in [6.45, 7) is 0. The SMILES string of the molecule is OC(c1ccc(Cl)cc1)c1ccc(-c2ccccc2Cl)nc1. The van der Waals surface area contributed by atoms with Gasteiger partial charge in [-0.05, 0) is 29.8 Å². The molecule has 4 heteroatoms. The second kappa shape index (κ2) is 6.49. The molecule has 0 saturated carbocycles. The van der Waals surface area contributed by atoms with Gasteiger partial charge in [-0.15, -0.1) is 0 Å². The highest BCUT2D eigenvalue weighted by atomic mass is 35.5. The van der Waals surface area contributed by atoms with Crippen molar-refractivity contribution in [3.63, 3.8) is 0 Å². The molecule has 1 aromatic heterocycles. The van der Waals surface area contributed by atoms with Gasteiger partial charge in [0.1, 0.15) is 6.10 Å². The number of benzene rings is 2. The fourth-order valence-electron chi connectivity index (χ4n) is 2.23. The Morgan fingerprint density at radius 3 is 2.14 bits per heavy atom. The summed E-state index contributed by atoms with van der Waals surface area (Å²) in [7, 11) is 0. The zero-order valence-electron chi connectivity index (χ0n) is 11.6. The third-order valence-corrected chi connectivity index (χ3v) is 4.02. The van der Waals surface area contributed by atoms with Gasteiger partial charge in [0.15, 0.2) is 0 Å². The molecule has 0 aliphatic carbocycles. The molecule has 1 atom stereocenters. The topological polar surface area (TPSA) is 33.1 Å². The molecule has 3 aromatic rings. The maximum Gasteiger partial charge on any atom is 0.106 e. The van der Waals surface area contributed by atoms with E-state index in [0.717, 1.165) is 22.4 Å². The summed E-state index contributed by atoms with van der Waals surface area (Å²) in [5.41, 5.74) is 3.14. The summed E-state index contributed by atoms with van der Waals surface area (Å²) in [4.78, 5) is 4.40. The van der Waals surface area contributed by atoms with Crippen molar-refractivity contribution in [2.24, 2.45) is 0 Å². The molecule has 110 valence electrons. The highest BCUT2D eigenvalue weighted by Gasteiger charge is 2.11. The summed E-state index contributed by atoms with van der Waals surface area (Å²) < 4.78 is 0. The van der Waals surface area contributed by atoms with Crippen LogP contribution in [0.5, 0.6) is 0 Å². The number of nitrogens with zero attached hydrogens (tertiary/aromatic N) is 1. The van der Waals surface area contributed by atoms with E-state index in [9.17, 15) is 5.11 Å². The lowest BCUT2D eigenvalue weighted by atomic mass is 10.0. The van der Waals surface area contributed by atoms with Crippen LogP contribution < -0.4 is 0 Å². The Morgan fingerprint density at radius 2 is 1.50 bits per heavy atom. The second-order valence-electron chi connectivity index (χ2n) is 4.91. The van der Waals surface area contributed by atoms with E-state index in [4.69, 9.17) is 23.2 Å². The van der Waals surface area contributed by atoms with Crippen LogP contribution in [0.15, 0.2) is 66.9 Å². The third kappa shape index (κ3) is 3.14. The highest BCUT2D eigenvalue weighted by Crippen LogP contribution is 2.28. The quantitative estimate of drug-likeness (QED) is 0.721. The van der Waals surface area contributed by atoms with Gasteiger partial charge in [-0.1, -0.05) is 59.6 Å². The van der Waals surface area contributed by atoms with Gasteiger partial charge in [-0.25, -0.2) is 0 Å². The van der Waals surface area contributed by atoms with E-state index in [-0.39, 0.29) is 0 Å². The first-order valence-corrected chi connectivity index (χ1v) is 7.55. The van der Waals surface area contributed by atoms with Gasteiger partial charge in [-0.3, -0.25) is 4.98 Å². The third-order valence-electron chi connectivity index (χ3n) is 3.44. The number of pyridine rings is 1. The maximum absolute atomic E-state index is 10.4. The minimum absolute atomic E-state index is 0.642. The largest absolute Gasteiger partial charge is 0.384 e. The molecule has 0 spiro atoms. The Labute approximate surface area is 139 Å². The summed E-state index contributed by atoms with van der Waals surface area (Å²) in [6, 6.07) is 18.4. The average molecular weight is 330 g/mol. The lowest BCUT2D eigenvalue weighted by Crippen LogP contribution is -2.00. The van der Waals surface area contributed by atoms with Crippen LogP contribution >= 0.6 is 23.2 Å². The highest BCUT2D eigenvalue weighted by molar-refractivity contribution is 6.33. The summed E-state index contributed by atoms with van der Waals surface area (Å²) in [5.74, 6) is 0. The Kier molecular flexibility index (Phi) is 4.44. The molecule has 0 bridgehead atoms. The van der Waals surface area contributed by atoms with Crippen molar-refractivity contribution < 1.29 is 5.11 Å². The van der Waals surface area contributed by atoms with Gasteiger partial charge in [0, 0.05) is 27.4 Å². The minimum Gasteiger partial charge on any atom is -0.384 e. The van der Waals surface area contributed by atoms with E-state index in [1.54, 1.807) is 30.5 Å². The monoisotopic (exact) mass is 329 g/mol. The van der Waals surface area contributed by atoms with Crippen LogP contribution in [0.4, 0.5) is 0 Å². The Balaban J connectivity index is 1.88. The van der Waals surface area contributed by atoms with Crippen LogP contribution in [-0.2, 0) is 0 Å². The Bertz CT molecular complexity index is 770. The number of hydrogen-bond acceptors (Lipinski definition) is 2. The molecule has 0 saturated heterocycles. The molecule has 0 aliphatic heterocycles. The molecule has 1 unspecified atom stereocenters. The predicted octanol–water partition coefficient (Wildman–Crippen LogP) is 5.14. The number of aromatic nitrogens is 1. The van der Waals surface area contributed by atoms with Crippen molar-refractivity contribution >= 4 is 23.2 Å². The first kappa shape index (κ1) is 15.0. The van der Waals surface area contributed by atoms with E-state index in [0.29, 0.717) is 10.0 Å². The summed E-state index contributed by atoms with van der Waals surface area (Å²) >= 11 is 12.0. The van der Waals surface area contributed by atoms with Crippen molar-refractivity contribution in [1.29, 1.82) is 0 Å². The smallest absolute Gasteiger partial charge is 0.106 e. The lowest BCUT2D eigenvalue weighted by Gasteiger charge is -2.12. The summed E-state index contributed by atoms with van der Waals surface area (Å²) in [5, 5.41) is 11.7. The van der Waals surface area contributed by atoms with Crippen molar-refractivity contribution in [1.82, 2.24) is 4.98 Å². The van der Waals surface area contributed by atoms with Crippen LogP contribution in [0.2, 0.25) is 10.0 Å². The van der Waals surface area contributed by atoms with Crippen LogP contribution in [0.25, 0.3) is 11.3 Å². The number of aliphatic hydroxyl groups excluding tert-OH is 1. The normalized spacial score (nSPS) is 12.1. The van der Waals surface area contributed by atoms with Crippen molar-refractivity contribution in [3.05, 3.63) is 88.0 Å². The molecule has 1 heterocycles. The Morgan fingerprint density at radius 1 is 0.818 bits per heavy atom. The van der Waals surface area contributed by atoms with Gasteiger partial charge in [0.05, 0.1) is 5.69 Å². The van der Waals surface area contributed by atoms with E-state index in [1.165, 1.54) is 0 Å². The van der Waals surface area contributed by atoms with Gasteiger partial charge in [-0.2, -0.15) is 0 Å². The average Bonchev–Trinajstić information content (AvgIpc) is 2.56. The molecular weight excluding hydrogens is 317 g/mol.